The van der Waals surface area contributed by atoms with Gasteiger partial charge in [-0.2, -0.15) is 0 Å². The minimum Gasteiger partial charge on any atom is -0.389 e. The van der Waals surface area contributed by atoms with Crippen LogP contribution in [0.5, 0.6) is 0 Å². The minimum atomic E-state index is 0.435. The summed E-state index contributed by atoms with van der Waals surface area (Å²) in [5, 5.41) is 1.03. The van der Waals surface area contributed by atoms with E-state index in [-0.39, 0.29) is 0 Å². The molecule has 20 heavy (non-hydrogen) atoms. The van der Waals surface area contributed by atoms with Crippen molar-refractivity contribution in [3.8, 4) is 0 Å². The number of aromatic nitrogens is 1. The molecule has 4 heteroatoms. The Balaban J connectivity index is 2.15. The molecular weight excluding hydrogens is 266 g/mol. The van der Waals surface area contributed by atoms with E-state index in [2.05, 4.69) is 18.7 Å². The van der Waals surface area contributed by atoms with Crippen LogP contribution in [0.25, 0.3) is 10.9 Å². The normalized spacial score (nSPS) is 22.4. The topological polar surface area (TPSA) is 42.1 Å². The van der Waals surface area contributed by atoms with Crippen molar-refractivity contribution >= 4 is 33.9 Å². The number of hydrogen-bond acceptors (Lipinski definition) is 3. The van der Waals surface area contributed by atoms with E-state index in [1.807, 2.05) is 30.3 Å². The molecule has 2 aromatic rings. The number of benzene rings is 1. The lowest BCUT2D eigenvalue weighted by molar-refractivity contribution is 0.625. The van der Waals surface area contributed by atoms with Crippen molar-refractivity contribution in [3.05, 3.63) is 35.9 Å². The molecule has 0 aliphatic carbocycles. The Morgan fingerprint density at radius 1 is 1.35 bits per heavy atom. The monoisotopic (exact) mass is 285 g/mol. The molecule has 0 radical (unpaired) electrons. The van der Waals surface area contributed by atoms with Crippen molar-refractivity contribution in [2.24, 2.45) is 11.7 Å². The van der Waals surface area contributed by atoms with Crippen molar-refractivity contribution in [1.29, 1.82) is 0 Å². The Morgan fingerprint density at radius 2 is 2.10 bits per heavy atom. The number of nitrogens with zero attached hydrogens (tertiary/aromatic N) is 2. The Labute approximate surface area is 124 Å². The summed E-state index contributed by atoms with van der Waals surface area (Å²) < 4.78 is 0. The van der Waals surface area contributed by atoms with Gasteiger partial charge in [0.2, 0.25) is 0 Å². The van der Waals surface area contributed by atoms with Gasteiger partial charge in [-0.3, -0.25) is 0 Å². The summed E-state index contributed by atoms with van der Waals surface area (Å²) >= 11 is 5.21. The third-order valence-electron chi connectivity index (χ3n) is 4.05. The quantitative estimate of drug-likeness (QED) is 0.861. The summed E-state index contributed by atoms with van der Waals surface area (Å²) in [5.41, 5.74) is 7.78. The van der Waals surface area contributed by atoms with Crippen LogP contribution in [-0.4, -0.2) is 22.6 Å². The number of thiocarbonyl (C=S) groups is 1. The van der Waals surface area contributed by atoms with Gasteiger partial charge in [-0.25, -0.2) is 4.98 Å². The molecule has 2 atom stereocenters. The van der Waals surface area contributed by atoms with Gasteiger partial charge in [0.05, 0.1) is 5.52 Å². The van der Waals surface area contributed by atoms with Gasteiger partial charge in [-0.05, 0) is 31.4 Å². The molecule has 3 rings (SSSR count). The van der Waals surface area contributed by atoms with Crippen molar-refractivity contribution < 1.29 is 0 Å². The molecule has 104 valence electrons. The third-order valence-corrected chi connectivity index (χ3v) is 4.27. The molecule has 0 saturated carbocycles. The minimum absolute atomic E-state index is 0.435. The highest BCUT2D eigenvalue weighted by atomic mass is 32.1. The number of hydrogen-bond donors (Lipinski definition) is 1. The van der Waals surface area contributed by atoms with Crippen LogP contribution < -0.4 is 10.6 Å². The van der Waals surface area contributed by atoms with Crippen LogP contribution >= 0.6 is 12.2 Å². The van der Waals surface area contributed by atoms with E-state index >= 15 is 0 Å². The highest BCUT2D eigenvalue weighted by molar-refractivity contribution is 7.80. The highest BCUT2D eigenvalue weighted by Gasteiger charge is 2.27. The summed E-state index contributed by atoms with van der Waals surface area (Å²) in [6.45, 7) is 5.58. The van der Waals surface area contributed by atoms with E-state index in [4.69, 9.17) is 22.9 Å². The van der Waals surface area contributed by atoms with E-state index in [1.54, 1.807) is 0 Å². The zero-order chi connectivity index (χ0) is 14.3. The van der Waals surface area contributed by atoms with Crippen LogP contribution in [-0.2, 0) is 0 Å². The average molecular weight is 285 g/mol. The zero-order valence-electron chi connectivity index (χ0n) is 11.8. The second-order valence-electron chi connectivity index (χ2n) is 5.75. The van der Waals surface area contributed by atoms with Crippen LogP contribution in [0.3, 0.4) is 0 Å². The van der Waals surface area contributed by atoms with Crippen LogP contribution in [0, 0.1) is 5.92 Å². The fourth-order valence-electron chi connectivity index (χ4n) is 3.13. The SMILES string of the molecule is CC1CC(C)N(c2cc(C(N)=S)c3ccccc3n2)C1. The lowest BCUT2D eigenvalue weighted by Gasteiger charge is -2.23. The first-order valence-electron chi connectivity index (χ1n) is 7.02. The highest BCUT2D eigenvalue weighted by Crippen LogP contribution is 2.30. The fourth-order valence-corrected chi connectivity index (χ4v) is 3.30. The third kappa shape index (κ3) is 2.24. The van der Waals surface area contributed by atoms with E-state index in [0.717, 1.165) is 28.8 Å². The summed E-state index contributed by atoms with van der Waals surface area (Å²) in [4.78, 5) is 7.59. The Kier molecular flexibility index (Phi) is 3.34. The fraction of sp³-hybridized carbons (Fsp3) is 0.375. The molecule has 1 aromatic heterocycles. The van der Waals surface area contributed by atoms with Gasteiger partial charge >= 0.3 is 0 Å². The van der Waals surface area contributed by atoms with Gasteiger partial charge in [-0.1, -0.05) is 37.3 Å². The molecule has 0 amide bonds. The van der Waals surface area contributed by atoms with Crippen molar-refractivity contribution in [2.45, 2.75) is 26.3 Å². The van der Waals surface area contributed by atoms with Gasteiger partial charge in [0.25, 0.3) is 0 Å². The summed E-state index contributed by atoms with van der Waals surface area (Å²) in [6, 6.07) is 10.6. The molecule has 2 heterocycles. The Bertz CT molecular complexity index is 668. The maximum Gasteiger partial charge on any atom is 0.130 e. The van der Waals surface area contributed by atoms with Crippen molar-refractivity contribution in [1.82, 2.24) is 4.98 Å². The number of pyridine rings is 1. The molecule has 1 aliphatic rings. The molecule has 2 N–H and O–H groups in total. The van der Waals surface area contributed by atoms with Crippen molar-refractivity contribution in [3.63, 3.8) is 0 Å². The van der Waals surface area contributed by atoms with Gasteiger partial charge in [0.1, 0.15) is 10.8 Å². The van der Waals surface area contributed by atoms with E-state index in [0.29, 0.717) is 16.9 Å². The Morgan fingerprint density at radius 3 is 2.75 bits per heavy atom. The molecule has 1 fully saturated rings. The van der Waals surface area contributed by atoms with Crippen LogP contribution in [0.15, 0.2) is 30.3 Å². The first kappa shape index (κ1) is 13.3. The maximum atomic E-state index is 5.89. The zero-order valence-corrected chi connectivity index (χ0v) is 12.7. The number of anilines is 1. The largest absolute Gasteiger partial charge is 0.389 e. The molecule has 1 aliphatic heterocycles. The smallest absolute Gasteiger partial charge is 0.130 e. The van der Waals surface area contributed by atoms with Crippen LogP contribution in [0.1, 0.15) is 25.8 Å². The van der Waals surface area contributed by atoms with E-state index < -0.39 is 0 Å². The molecule has 1 aromatic carbocycles. The standard InChI is InChI=1S/C16H19N3S/c1-10-7-11(2)19(9-10)15-8-13(16(17)20)12-5-3-4-6-14(12)18-15/h3-6,8,10-11H,7,9H2,1-2H3,(H2,17,20). The second kappa shape index (κ2) is 5.02. The van der Waals surface area contributed by atoms with Gasteiger partial charge in [-0.15, -0.1) is 0 Å². The molecule has 3 nitrogen and oxygen atoms in total. The first-order chi connectivity index (χ1) is 9.56. The van der Waals surface area contributed by atoms with Crippen molar-refractivity contribution in [2.75, 3.05) is 11.4 Å². The number of para-hydroxylation sites is 1. The average Bonchev–Trinajstić information content (AvgIpc) is 2.76. The van der Waals surface area contributed by atoms with E-state index in [9.17, 15) is 0 Å². The van der Waals surface area contributed by atoms with Gasteiger partial charge in [0.15, 0.2) is 0 Å². The van der Waals surface area contributed by atoms with Crippen LogP contribution in [0.2, 0.25) is 0 Å². The van der Waals surface area contributed by atoms with Gasteiger partial charge in [0, 0.05) is 23.5 Å². The molecule has 1 saturated heterocycles. The summed E-state index contributed by atoms with van der Waals surface area (Å²) in [5.74, 6) is 1.69. The van der Waals surface area contributed by atoms with Gasteiger partial charge < -0.3 is 10.6 Å². The second-order valence-corrected chi connectivity index (χ2v) is 6.19. The summed E-state index contributed by atoms with van der Waals surface area (Å²) in [7, 11) is 0. The maximum absolute atomic E-state index is 5.89. The molecule has 0 bridgehead atoms. The molecular formula is C16H19N3S. The number of fused-ring (bicyclic) bond motifs is 1. The lowest BCUT2D eigenvalue weighted by Crippen LogP contribution is -2.28. The van der Waals surface area contributed by atoms with Crippen LogP contribution in [0.4, 0.5) is 5.82 Å². The number of rotatable bonds is 2. The van der Waals surface area contributed by atoms with E-state index in [1.165, 1.54) is 6.42 Å². The number of nitrogens with two attached hydrogens (primary N) is 1. The Hall–Kier alpha value is -1.68. The lowest BCUT2D eigenvalue weighted by atomic mass is 10.1. The predicted octanol–water partition coefficient (Wildman–Crippen LogP) is 3.10. The predicted molar refractivity (Wildman–Crippen MR) is 88.2 cm³/mol. The summed E-state index contributed by atoms with van der Waals surface area (Å²) in [6.07, 6.45) is 1.21. The molecule has 2 unspecified atom stereocenters. The first-order valence-corrected chi connectivity index (χ1v) is 7.43. The molecule has 0 spiro atoms.